The number of carbonyl (C=O) groups excluding carboxylic acids is 4. The number of nitrogens with zero attached hydrogens (tertiary/aromatic N) is 1. The zero-order valence-corrected chi connectivity index (χ0v) is 11.5. The molecular weight excluding hydrogens is 282 g/mol. The van der Waals surface area contributed by atoms with E-state index in [1.807, 2.05) is 0 Å². The first-order valence-corrected chi connectivity index (χ1v) is 5.99. The van der Waals surface area contributed by atoms with E-state index in [0.29, 0.717) is 6.29 Å². The number of amides is 3. The Labute approximate surface area is 121 Å². The fourth-order valence-corrected chi connectivity index (χ4v) is 1.13. The van der Waals surface area contributed by atoms with Crippen LogP contribution in [0.1, 0.15) is 6.42 Å². The van der Waals surface area contributed by atoms with E-state index in [2.05, 4.69) is 10.6 Å². The molecule has 9 nitrogen and oxygen atoms in total. The Bertz CT molecular complexity index is 446. The zero-order chi connectivity index (χ0) is 16.3. The molecule has 0 saturated carbocycles. The molecule has 3 amide bonds. The minimum absolute atomic E-state index is 0.0244. The quantitative estimate of drug-likeness (QED) is 0.330. The third-order valence-corrected chi connectivity index (χ3v) is 2.25. The standard InChI is InChI=1S/C12H17N3O6/c1-15(11(19)3-2-6-16)5-4-9(17)13-7-10(18)14-8-12(20)21/h2-3,6H,4-5,7-8H2,1H3,(H,13,17)(H,14,18)(H,20,21)/b3-2-. The number of allylic oxidation sites excluding steroid dienone is 1. The van der Waals surface area contributed by atoms with Crippen LogP contribution in [0.3, 0.4) is 0 Å². The maximum atomic E-state index is 11.4. The van der Waals surface area contributed by atoms with E-state index >= 15 is 0 Å². The molecule has 0 aliphatic heterocycles. The van der Waals surface area contributed by atoms with Crippen molar-refractivity contribution in [2.75, 3.05) is 26.7 Å². The van der Waals surface area contributed by atoms with Crippen LogP contribution in [-0.2, 0) is 24.0 Å². The smallest absolute Gasteiger partial charge is 0.322 e. The van der Waals surface area contributed by atoms with Crippen LogP contribution < -0.4 is 10.6 Å². The molecule has 0 atom stereocenters. The summed E-state index contributed by atoms with van der Waals surface area (Å²) in [6.07, 6.45) is 2.56. The van der Waals surface area contributed by atoms with E-state index in [9.17, 15) is 24.0 Å². The van der Waals surface area contributed by atoms with E-state index in [1.165, 1.54) is 11.9 Å². The topological polar surface area (TPSA) is 133 Å². The average molecular weight is 299 g/mol. The molecule has 0 radical (unpaired) electrons. The van der Waals surface area contributed by atoms with Crippen LogP contribution in [0, 0.1) is 0 Å². The summed E-state index contributed by atoms with van der Waals surface area (Å²) in [5, 5.41) is 12.7. The molecule has 0 aromatic heterocycles. The van der Waals surface area contributed by atoms with Gasteiger partial charge in [-0.3, -0.25) is 24.0 Å². The van der Waals surface area contributed by atoms with Gasteiger partial charge in [0.2, 0.25) is 17.7 Å². The summed E-state index contributed by atoms with van der Waals surface area (Å²) in [5.74, 6) is -2.68. The van der Waals surface area contributed by atoms with Crippen molar-refractivity contribution in [3.63, 3.8) is 0 Å². The summed E-state index contributed by atoms with van der Waals surface area (Å²) in [6.45, 7) is -0.742. The predicted octanol–water partition coefficient (Wildman–Crippen LogP) is -2.09. The van der Waals surface area contributed by atoms with Gasteiger partial charge in [-0.2, -0.15) is 0 Å². The number of nitrogens with one attached hydrogen (secondary N) is 2. The van der Waals surface area contributed by atoms with Crippen molar-refractivity contribution in [2.24, 2.45) is 0 Å². The lowest BCUT2D eigenvalue weighted by Crippen LogP contribution is -2.40. The van der Waals surface area contributed by atoms with Crippen LogP contribution in [0.5, 0.6) is 0 Å². The van der Waals surface area contributed by atoms with Crippen molar-refractivity contribution in [1.82, 2.24) is 15.5 Å². The normalized spacial score (nSPS) is 9.95. The summed E-state index contributed by atoms with van der Waals surface area (Å²) in [5.41, 5.74) is 0. The number of hydrogen-bond donors (Lipinski definition) is 3. The largest absolute Gasteiger partial charge is 0.480 e. The Balaban J connectivity index is 3.92. The van der Waals surface area contributed by atoms with Gasteiger partial charge in [0, 0.05) is 26.1 Å². The molecule has 3 N–H and O–H groups in total. The molecule has 116 valence electrons. The maximum absolute atomic E-state index is 11.4. The summed E-state index contributed by atoms with van der Waals surface area (Å²) in [6, 6.07) is 0. The van der Waals surface area contributed by atoms with Gasteiger partial charge in [-0.25, -0.2) is 0 Å². The van der Waals surface area contributed by atoms with Crippen LogP contribution in [0.25, 0.3) is 0 Å². The monoisotopic (exact) mass is 299 g/mol. The minimum atomic E-state index is -1.18. The van der Waals surface area contributed by atoms with Gasteiger partial charge in [0.25, 0.3) is 0 Å². The van der Waals surface area contributed by atoms with Crippen molar-refractivity contribution in [3.8, 4) is 0 Å². The first kappa shape index (κ1) is 18.3. The number of hydrogen-bond acceptors (Lipinski definition) is 5. The van der Waals surface area contributed by atoms with E-state index in [-0.39, 0.29) is 19.5 Å². The first-order valence-electron chi connectivity index (χ1n) is 5.99. The van der Waals surface area contributed by atoms with Gasteiger partial charge in [0.15, 0.2) is 0 Å². The second kappa shape index (κ2) is 10.1. The summed E-state index contributed by atoms with van der Waals surface area (Å²) >= 11 is 0. The molecule has 0 aliphatic carbocycles. The average Bonchev–Trinajstić information content (AvgIpc) is 2.45. The molecule has 0 spiro atoms. The fourth-order valence-electron chi connectivity index (χ4n) is 1.13. The van der Waals surface area contributed by atoms with Crippen molar-refractivity contribution in [2.45, 2.75) is 6.42 Å². The summed E-state index contributed by atoms with van der Waals surface area (Å²) < 4.78 is 0. The molecule has 0 saturated heterocycles. The van der Waals surface area contributed by atoms with Gasteiger partial charge in [-0.05, 0) is 6.08 Å². The second-order valence-electron chi connectivity index (χ2n) is 3.95. The van der Waals surface area contributed by atoms with Crippen LogP contribution in [0.4, 0.5) is 0 Å². The number of carboxylic acid groups (broad SMARTS) is 1. The molecule has 9 heteroatoms. The Morgan fingerprint density at radius 3 is 2.29 bits per heavy atom. The van der Waals surface area contributed by atoms with Gasteiger partial charge in [0.1, 0.15) is 12.8 Å². The van der Waals surface area contributed by atoms with Crippen LogP contribution in [0.15, 0.2) is 12.2 Å². The molecule has 0 unspecified atom stereocenters. The highest BCUT2D eigenvalue weighted by Crippen LogP contribution is 1.90. The van der Waals surface area contributed by atoms with Crippen molar-refractivity contribution in [1.29, 1.82) is 0 Å². The number of likely N-dealkylation sites (N-methyl/N-ethyl adjacent to an activating group) is 1. The number of aldehydes is 1. The lowest BCUT2D eigenvalue weighted by molar-refractivity contribution is -0.137. The van der Waals surface area contributed by atoms with Crippen molar-refractivity contribution >= 4 is 30.0 Å². The van der Waals surface area contributed by atoms with Crippen LogP contribution in [-0.4, -0.2) is 66.7 Å². The lowest BCUT2D eigenvalue weighted by Gasteiger charge is -2.14. The van der Waals surface area contributed by atoms with Gasteiger partial charge < -0.3 is 20.6 Å². The van der Waals surface area contributed by atoms with Gasteiger partial charge in [-0.15, -0.1) is 0 Å². The van der Waals surface area contributed by atoms with Crippen LogP contribution >= 0.6 is 0 Å². The minimum Gasteiger partial charge on any atom is -0.480 e. The highest BCUT2D eigenvalue weighted by Gasteiger charge is 2.09. The third-order valence-electron chi connectivity index (χ3n) is 2.25. The van der Waals surface area contributed by atoms with E-state index in [4.69, 9.17) is 5.11 Å². The van der Waals surface area contributed by atoms with E-state index in [0.717, 1.165) is 12.2 Å². The molecule has 0 aromatic carbocycles. The second-order valence-corrected chi connectivity index (χ2v) is 3.95. The molecule has 21 heavy (non-hydrogen) atoms. The number of rotatable bonds is 9. The Morgan fingerprint density at radius 1 is 1.10 bits per heavy atom. The van der Waals surface area contributed by atoms with E-state index in [1.54, 1.807) is 0 Å². The molecule has 0 aliphatic rings. The molecule has 0 rings (SSSR count). The lowest BCUT2D eigenvalue weighted by atomic mass is 10.3. The zero-order valence-electron chi connectivity index (χ0n) is 11.5. The fraction of sp³-hybridized carbons (Fsp3) is 0.417. The Morgan fingerprint density at radius 2 is 1.71 bits per heavy atom. The number of aliphatic carboxylic acids is 1. The third kappa shape index (κ3) is 9.82. The molecule has 0 bridgehead atoms. The molecule has 0 aromatic rings. The number of carboxylic acids is 1. The highest BCUT2D eigenvalue weighted by molar-refractivity contribution is 5.91. The Hall–Kier alpha value is -2.71. The molecular formula is C12H17N3O6. The highest BCUT2D eigenvalue weighted by atomic mass is 16.4. The SMILES string of the molecule is CN(CCC(=O)NCC(=O)NCC(=O)O)C(=O)/C=C\C=O. The predicted molar refractivity (Wildman–Crippen MR) is 71.1 cm³/mol. The van der Waals surface area contributed by atoms with Gasteiger partial charge in [-0.1, -0.05) is 0 Å². The maximum Gasteiger partial charge on any atom is 0.322 e. The first-order chi connectivity index (χ1) is 9.86. The Kier molecular flexibility index (Phi) is 8.82. The van der Waals surface area contributed by atoms with Crippen molar-refractivity contribution in [3.05, 3.63) is 12.2 Å². The summed E-state index contributed by atoms with van der Waals surface area (Å²) in [4.78, 5) is 55.4. The molecule has 0 heterocycles. The van der Waals surface area contributed by atoms with Gasteiger partial charge in [0.05, 0.1) is 6.54 Å². The van der Waals surface area contributed by atoms with Crippen LogP contribution in [0.2, 0.25) is 0 Å². The summed E-state index contributed by atoms with van der Waals surface area (Å²) in [7, 11) is 1.46. The molecule has 0 fully saturated rings. The number of carbonyl (C=O) groups is 5. The van der Waals surface area contributed by atoms with Gasteiger partial charge >= 0.3 is 5.97 Å². The van der Waals surface area contributed by atoms with Crippen molar-refractivity contribution < 1.29 is 29.1 Å². The van der Waals surface area contributed by atoms with E-state index < -0.39 is 30.2 Å².